The summed E-state index contributed by atoms with van der Waals surface area (Å²) in [5, 5.41) is 12.3. The van der Waals surface area contributed by atoms with Gasteiger partial charge >= 0.3 is 12.1 Å². The predicted molar refractivity (Wildman–Crippen MR) is 110 cm³/mol. The Bertz CT molecular complexity index is 723. The van der Waals surface area contributed by atoms with Gasteiger partial charge in [0.1, 0.15) is 0 Å². The highest BCUT2D eigenvalue weighted by Crippen LogP contribution is 2.34. The van der Waals surface area contributed by atoms with Gasteiger partial charge in [0.2, 0.25) is 5.91 Å². The summed E-state index contributed by atoms with van der Waals surface area (Å²) in [5.74, 6) is -2.03. The summed E-state index contributed by atoms with van der Waals surface area (Å²) >= 11 is 1.69. The van der Waals surface area contributed by atoms with E-state index in [1.807, 2.05) is 6.07 Å². The van der Waals surface area contributed by atoms with Gasteiger partial charge in [-0.15, -0.1) is 11.3 Å². The Kier molecular flexibility index (Phi) is 8.35. The van der Waals surface area contributed by atoms with Crippen LogP contribution >= 0.6 is 11.3 Å². The fourth-order valence-electron chi connectivity index (χ4n) is 4.67. The zero-order valence-electron chi connectivity index (χ0n) is 17.3. The first kappa shape index (κ1) is 24.0. The number of amides is 1. The number of ether oxygens (including phenoxy) is 1. The molecule has 10 heteroatoms. The summed E-state index contributed by atoms with van der Waals surface area (Å²) in [5.41, 5.74) is 0. The third kappa shape index (κ3) is 6.92. The van der Waals surface area contributed by atoms with Crippen LogP contribution in [0, 0.1) is 11.8 Å². The third-order valence-electron chi connectivity index (χ3n) is 6.27. The van der Waals surface area contributed by atoms with Crippen molar-refractivity contribution in [2.45, 2.75) is 63.4 Å². The maximum atomic E-state index is 12.5. The normalized spacial score (nSPS) is 27.1. The number of hydrogen-bond donors (Lipinski definition) is 2. The molecule has 3 atom stereocenters. The first-order valence-electron chi connectivity index (χ1n) is 10.7. The molecule has 0 radical (unpaired) electrons. The molecule has 2 saturated heterocycles. The van der Waals surface area contributed by atoms with Crippen LogP contribution in [0.2, 0.25) is 0 Å². The number of alkyl halides is 3. The molecule has 3 aliphatic rings. The van der Waals surface area contributed by atoms with Crippen LogP contribution in [0.5, 0.6) is 0 Å². The van der Waals surface area contributed by atoms with Crippen LogP contribution in [0.1, 0.15) is 43.4 Å². The second-order valence-corrected chi connectivity index (χ2v) is 9.42. The molecule has 0 bridgehead atoms. The van der Waals surface area contributed by atoms with Gasteiger partial charge in [-0.3, -0.25) is 9.69 Å². The fraction of sp³-hybridized carbons (Fsp3) is 0.714. The number of rotatable bonds is 4. The van der Waals surface area contributed by atoms with E-state index in [2.05, 4.69) is 21.7 Å². The summed E-state index contributed by atoms with van der Waals surface area (Å²) in [6.07, 6.45) is 2.93. The summed E-state index contributed by atoms with van der Waals surface area (Å²) in [4.78, 5) is 25.3. The van der Waals surface area contributed by atoms with Crippen molar-refractivity contribution in [1.82, 2.24) is 10.2 Å². The van der Waals surface area contributed by atoms with Crippen molar-refractivity contribution in [2.24, 2.45) is 11.8 Å². The summed E-state index contributed by atoms with van der Waals surface area (Å²) in [6.45, 7) is 3.56. The molecule has 1 aromatic rings. The molecule has 1 aromatic heterocycles. The van der Waals surface area contributed by atoms with Gasteiger partial charge in [-0.2, -0.15) is 13.2 Å². The molecule has 0 unspecified atom stereocenters. The van der Waals surface area contributed by atoms with Crippen molar-refractivity contribution < 1.29 is 32.6 Å². The highest BCUT2D eigenvalue weighted by atomic mass is 32.1. The van der Waals surface area contributed by atoms with Crippen LogP contribution in [0.3, 0.4) is 0 Å². The Morgan fingerprint density at radius 3 is 2.58 bits per heavy atom. The largest absolute Gasteiger partial charge is 0.490 e. The van der Waals surface area contributed by atoms with Crippen LogP contribution in [-0.4, -0.2) is 59.9 Å². The maximum Gasteiger partial charge on any atom is 0.490 e. The monoisotopic (exact) mass is 462 g/mol. The molecule has 1 saturated carbocycles. The van der Waals surface area contributed by atoms with Crippen LogP contribution < -0.4 is 5.32 Å². The average Bonchev–Trinajstić information content (AvgIpc) is 3.45. The van der Waals surface area contributed by atoms with Crippen molar-refractivity contribution in [3.8, 4) is 0 Å². The minimum Gasteiger partial charge on any atom is -0.475 e. The topological polar surface area (TPSA) is 78.9 Å². The molecule has 0 spiro atoms. The van der Waals surface area contributed by atoms with Gasteiger partial charge in [-0.25, -0.2) is 4.79 Å². The number of carbonyl (C=O) groups excluding carboxylic acids is 1. The van der Waals surface area contributed by atoms with Gasteiger partial charge in [-0.1, -0.05) is 18.9 Å². The molecular formula is C21H29F3N2O4S. The number of aliphatic carboxylic acids is 1. The van der Waals surface area contributed by atoms with Gasteiger partial charge in [0.05, 0.1) is 25.2 Å². The van der Waals surface area contributed by atoms with Crippen LogP contribution in [-0.2, 0) is 20.9 Å². The lowest BCUT2D eigenvalue weighted by atomic mass is 9.82. The Balaban J connectivity index is 0.000000339. The van der Waals surface area contributed by atoms with Gasteiger partial charge in [0.25, 0.3) is 0 Å². The highest BCUT2D eigenvalue weighted by molar-refractivity contribution is 7.09. The Morgan fingerprint density at radius 1 is 1.26 bits per heavy atom. The highest BCUT2D eigenvalue weighted by Gasteiger charge is 2.40. The van der Waals surface area contributed by atoms with Crippen molar-refractivity contribution in [3.05, 3.63) is 22.4 Å². The van der Waals surface area contributed by atoms with E-state index in [0.29, 0.717) is 25.2 Å². The number of fused-ring (bicyclic) bond motifs is 1. The van der Waals surface area contributed by atoms with E-state index in [4.69, 9.17) is 14.6 Å². The third-order valence-corrected chi connectivity index (χ3v) is 7.14. The van der Waals surface area contributed by atoms with Gasteiger partial charge < -0.3 is 15.2 Å². The van der Waals surface area contributed by atoms with Crippen molar-refractivity contribution in [1.29, 1.82) is 0 Å². The van der Waals surface area contributed by atoms with Gasteiger partial charge in [0.15, 0.2) is 0 Å². The first-order chi connectivity index (χ1) is 14.7. The predicted octanol–water partition coefficient (Wildman–Crippen LogP) is 3.67. The molecule has 6 nitrogen and oxygen atoms in total. The molecule has 2 aliphatic heterocycles. The molecule has 174 valence electrons. The number of hydrogen-bond acceptors (Lipinski definition) is 5. The number of nitrogens with zero attached hydrogens (tertiary/aromatic N) is 1. The van der Waals surface area contributed by atoms with E-state index in [9.17, 15) is 18.0 Å². The zero-order chi connectivity index (χ0) is 22.4. The quantitative estimate of drug-likeness (QED) is 0.714. The lowest BCUT2D eigenvalue weighted by Gasteiger charge is -2.45. The standard InChI is InChI=1S/C19H28N2O2S.C2HF3O2/c22-19(20-11-17-6-3-9-24-17)15-10-14-12-21(16-4-1-2-5-16)8-7-18(14)23-13-15;3-2(4,5)1(6)7/h3,6,9,14-16,18H,1-2,4-5,7-8,10-13H2,(H,20,22);(H,6,7)/t14-,15-,18+;/m1./s1. The van der Waals surface area contributed by atoms with Crippen molar-refractivity contribution in [3.63, 3.8) is 0 Å². The van der Waals surface area contributed by atoms with E-state index < -0.39 is 12.1 Å². The summed E-state index contributed by atoms with van der Waals surface area (Å²) in [6, 6.07) is 4.89. The van der Waals surface area contributed by atoms with Crippen LogP contribution in [0.15, 0.2) is 17.5 Å². The Labute approximate surface area is 183 Å². The lowest BCUT2D eigenvalue weighted by molar-refractivity contribution is -0.192. The Hall–Kier alpha value is -1.65. The minimum atomic E-state index is -5.08. The second kappa shape index (κ2) is 10.8. The molecule has 1 amide bonds. The van der Waals surface area contributed by atoms with Crippen LogP contribution in [0.25, 0.3) is 0 Å². The van der Waals surface area contributed by atoms with Crippen molar-refractivity contribution in [2.75, 3.05) is 19.7 Å². The fourth-order valence-corrected chi connectivity index (χ4v) is 5.32. The van der Waals surface area contributed by atoms with E-state index in [1.54, 1.807) is 11.3 Å². The molecule has 31 heavy (non-hydrogen) atoms. The van der Waals surface area contributed by atoms with E-state index in [1.165, 1.54) is 37.1 Å². The SMILES string of the molecule is O=C(NCc1cccs1)[C@H]1CO[C@H]2CCN(C3CCCC3)C[C@H]2C1.O=C(O)C(F)(F)F. The zero-order valence-corrected chi connectivity index (χ0v) is 18.1. The summed E-state index contributed by atoms with van der Waals surface area (Å²) in [7, 11) is 0. The molecular weight excluding hydrogens is 433 g/mol. The number of carbonyl (C=O) groups is 2. The van der Waals surface area contributed by atoms with Crippen LogP contribution in [0.4, 0.5) is 13.2 Å². The van der Waals surface area contributed by atoms with E-state index >= 15 is 0 Å². The average molecular weight is 463 g/mol. The molecule has 3 heterocycles. The van der Waals surface area contributed by atoms with Gasteiger partial charge in [0, 0.05) is 24.0 Å². The molecule has 2 N–H and O–H groups in total. The van der Waals surface area contributed by atoms with E-state index in [-0.39, 0.29) is 11.8 Å². The number of piperidine rings is 1. The number of thiophene rings is 1. The van der Waals surface area contributed by atoms with Crippen molar-refractivity contribution >= 4 is 23.2 Å². The number of likely N-dealkylation sites (tertiary alicyclic amines) is 1. The molecule has 1 aliphatic carbocycles. The summed E-state index contributed by atoms with van der Waals surface area (Å²) < 4.78 is 37.8. The van der Waals surface area contributed by atoms with E-state index in [0.717, 1.165) is 25.4 Å². The van der Waals surface area contributed by atoms with Gasteiger partial charge in [-0.05, 0) is 43.0 Å². The lowest BCUT2D eigenvalue weighted by Crippen LogP contribution is -2.52. The number of carboxylic acid groups (broad SMARTS) is 1. The minimum absolute atomic E-state index is 0.0229. The second-order valence-electron chi connectivity index (χ2n) is 8.39. The Morgan fingerprint density at radius 2 is 1.97 bits per heavy atom. The molecule has 4 rings (SSSR count). The molecule has 3 fully saturated rings. The molecule has 0 aromatic carbocycles. The smallest absolute Gasteiger partial charge is 0.475 e. The maximum absolute atomic E-state index is 12.5. The first-order valence-corrected chi connectivity index (χ1v) is 11.6. The number of nitrogens with one attached hydrogen (secondary N) is 1. The number of carboxylic acids is 1. The number of halogens is 3.